The molecule has 0 aliphatic carbocycles. The minimum Gasteiger partial charge on any atom is -0.488 e. The quantitative estimate of drug-likeness (QED) is 0.184. The molecule has 0 saturated heterocycles. The van der Waals surface area contributed by atoms with E-state index in [-0.39, 0.29) is 19.8 Å². The van der Waals surface area contributed by atoms with Crippen molar-refractivity contribution in [3.8, 4) is 28.7 Å². The summed E-state index contributed by atoms with van der Waals surface area (Å²) in [6.07, 6.45) is -1.11. The number of ether oxygens (including phenoxy) is 2. The molecule has 0 radical (unpaired) electrons. The van der Waals surface area contributed by atoms with E-state index in [0.717, 1.165) is 27.8 Å². The van der Waals surface area contributed by atoms with E-state index in [9.17, 15) is 20.3 Å². The Morgan fingerprint density at radius 1 is 0.951 bits per heavy atom. The van der Waals surface area contributed by atoms with Gasteiger partial charge in [-0.2, -0.15) is 5.26 Å². The van der Waals surface area contributed by atoms with Gasteiger partial charge in [-0.05, 0) is 59.9 Å². The smallest absolute Gasteiger partial charge is 0.323 e. The van der Waals surface area contributed by atoms with Crippen LogP contribution in [0.1, 0.15) is 34.7 Å². The van der Waals surface area contributed by atoms with Crippen LogP contribution in [-0.4, -0.2) is 28.3 Å². The van der Waals surface area contributed by atoms with Crippen LogP contribution >= 0.6 is 11.6 Å². The number of carboxylic acids is 1. The minimum atomic E-state index is -1.18. The molecule has 0 unspecified atom stereocenters. The lowest BCUT2D eigenvalue weighted by molar-refractivity contribution is -0.142. The molecule has 0 fully saturated rings. The second-order valence-electron chi connectivity index (χ2n) is 9.67. The highest BCUT2D eigenvalue weighted by Gasteiger charge is 2.23. The number of hydrogen-bond acceptors (Lipinski definition) is 6. The number of aliphatic hydroxyl groups excluding tert-OH is 1. The maximum atomic E-state index is 11.6. The molecule has 0 spiro atoms. The predicted molar refractivity (Wildman–Crippen MR) is 158 cm³/mol. The van der Waals surface area contributed by atoms with E-state index in [4.69, 9.17) is 21.1 Å². The molecule has 3 N–H and O–H groups in total. The number of carboxylic acid groups (broad SMARTS) is 1. The first-order chi connectivity index (χ1) is 19.8. The summed E-state index contributed by atoms with van der Waals surface area (Å²) in [7, 11) is 0. The predicted octanol–water partition coefficient (Wildman–Crippen LogP) is 6.27. The minimum absolute atomic E-state index is 0.0770. The summed E-state index contributed by atoms with van der Waals surface area (Å²) < 4.78 is 12.3. The lowest BCUT2D eigenvalue weighted by atomic mass is 9.97. The largest absolute Gasteiger partial charge is 0.488 e. The molecule has 8 heteroatoms. The van der Waals surface area contributed by atoms with Crippen LogP contribution < -0.4 is 14.8 Å². The van der Waals surface area contributed by atoms with Crippen molar-refractivity contribution < 1.29 is 24.5 Å². The van der Waals surface area contributed by atoms with Gasteiger partial charge in [-0.1, -0.05) is 72.3 Å². The van der Waals surface area contributed by atoms with Gasteiger partial charge in [0.05, 0.1) is 22.8 Å². The van der Waals surface area contributed by atoms with E-state index in [1.165, 1.54) is 6.92 Å². The summed E-state index contributed by atoms with van der Waals surface area (Å²) in [6.45, 7) is 3.98. The van der Waals surface area contributed by atoms with Crippen molar-refractivity contribution in [2.24, 2.45) is 0 Å². The average Bonchev–Trinajstić information content (AvgIpc) is 2.97. The molecule has 4 aromatic rings. The van der Waals surface area contributed by atoms with Crippen LogP contribution in [0.4, 0.5) is 0 Å². The Morgan fingerprint density at radius 2 is 1.68 bits per heavy atom. The maximum Gasteiger partial charge on any atom is 0.323 e. The summed E-state index contributed by atoms with van der Waals surface area (Å²) in [6, 6.07) is 27.6. The van der Waals surface area contributed by atoms with Crippen LogP contribution in [0.25, 0.3) is 11.1 Å². The molecule has 0 saturated carbocycles. The van der Waals surface area contributed by atoms with Crippen molar-refractivity contribution >= 4 is 17.6 Å². The standard InChI is InChI=1S/C33H31ClN2O5/c1-21-26(12-7-13-28(21)25-10-4-3-5-11-25)20-41-31-16-30(40-19-24-9-6-8-23(14-24)17-35)27(15-29(31)34)18-36-32(22(2)37)33(38)39/h3-16,22,32,36-37H,18-20H2,1-2H3,(H,38,39)/t22-,32+/m0/s1. The summed E-state index contributed by atoms with van der Waals surface area (Å²) in [5.41, 5.74) is 6.24. The molecule has 41 heavy (non-hydrogen) atoms. The molecule has 4 aromatic carbocycles. The van der Waals surface area contributed by atoms with E-state index in [1.807, 2.05) is 36.4 Å². The van der Waals surface area contributed by atoms with E-state index in [2.05, 4.69) is 36.5 Å². The number of rotatable bonds is 12. The topological polar surface area (TPSA) is 112 Å². The number of hydrogen-bond donors (Lipinski definition) is 3. The molecular weight excluding hydrogens is 540 g/mol. The molecule has 210 valence electrons. The number of carbonyl (C=O) groups is 1. The van der Waals surface area contributed by atoms with Gasteiger partial charge < -0.3 is 19.7 Å². The van der Waals surface area contributed by atoms with Crippen LogP contribution in [0.15, 0.2) is 84.9 Å². The van der Waals surface area contributed by atoms with Crippen LogP contribution in [0, 0.1) is 18.3 Å². The fourth-order valence-electron chi connectivity index (χ4n) is 4.46. The van der Waals surface area contributed by atoms with Gasteiger partial charge in [0.1, 0.15) is 30.8 Å². The van der Waals surface area contributed by atoms with Gasteiger partial charge in [0, 0.05) is 18.2 Å². The summed E-state index contributed by atoms with van der Waals surface area (Å²) >= 11 is 6.62. The van der Waals surface area contributed by atoms with E-state index >= 15 is 0 Å². The second kappa shape index (κ2) is 13.8. The highest BCUT2D eigenvalue weighted by Crippen LogP contribution is 2.35. The Bertz CT molecular complexity index is 1550. The summed E-state index contributed by atoms with van der Waals surface area (Å²) in [5, 5.41) is 31.7. The Morgan fingerprint density at radius 3 is 2.39 bits per heavy atom. The third-order valence-corrected chi connectivity index (χ3v) is 7.04. The van der Waals surface area contributed by atoms with Crippen LogP contribution in [-0.2, 0) is 24.6 Å². The van der Waals surface area contributed by atoms with E-state index in [0.29, 0.717) is 27.6 Å². The monoisotopic (exact) mass is 570 g/mol. The van der Waals surface area contributed by atoms with Crippen molar-refractivity contribution in [2.45, 2.75) is 45.8 Å². The third-order valence-electron chi connectivity index (χ3n) is 6.74. The van der Waals surface area contributed by atoms with E-state index < -0.39 is 18.1 Å². The molecule has 7 nitrogen and oxygen atoms in total. The van der Waals surface area contributed by atoms with Crippen molar-refractivity contribution in [1.82, 2.24) is 5.32 Å². The molecule has 0 aliphatic rings. The molecule has 0 aromatic heterocycles. The first-order valence-corrected chi connectivity index (χ1v) is 13.5. The Balaban J connectivity index is 1.59. The Kier molecular flexibility index (Phi) is 9.99. The van der Waals surface area contributed by atoms with Gasteiger partial charge >= 0.3 is 5.97 Å². The zero-order valence-electron chi connectivity index (χ0n) is 22.8. The number of nitriles is 1. The molecule has 0 amide bonds. The highest BCUT2D eigenvalue weighted by atomic mass is 35.5. The van der Waals surface area contributed by atoms with Gasteiger partial charge in [-0.25, -0.2) is 0 Å². The maximum absolute atomic E-state index is 11.6. The number of halogens is 1. The Hall–Kier alpha value is -4.35. The molecule has 2 atom stereocenters. The van der Waals surface area contributed by atoms with Gasteiger partial charge in [0.15, 0.2) is 0 Å². The van der Waals surface area contributed by atoms with Gasteiger partial charge in [-0.15, -0.1) is 0 Å². The fourth-order valence-corrected chi connectivity index (χ4v) is 4.70. The van der Waals surface area contributed by atoms with Crippen LogP contribution in [0.3, 0.4) is 0 Å². The van der Waals surface area contributed by atoms with E-state index in [1.54, 1.807) is 30.3 Å². The van der Waals surface area contributed by atoms with Crippen molar-refractivity contribution in [3.05, 3.63) is 118 Å². The van der Waals surface area contributed by atoms with Crippen LogP contribution in [0.2, 0.25) is 5.02 Å². The third kappa shape index (κ3) is 7.65. The highest BCUT2D eigenvalue weighted by molar-refractivity contribution is 6.32. The number of nitrogens with zero attached hydrogens (tertiary/aromatic N) is 1. The SMILES string of the molecule is Cc1c(COc2cc(OCc3cccc(C#N)c3)c(CN[C@@H](C(=O)O)[C@H](C)O)cc2Cl)cccc1-c1ccccc1. The van der Waals surface area contributed by atoms with Crippen molar-refractivity contribution in [1.29, 1.82) is 5.26 Å². The number of nitrogens with one attached hydrogen (secondary N) is 1. The second-order valence-corrected chi connectivity index (χ2v) is 10.1. The normalized spacial score (nSPS) is 12.3. The lowest BCUT2D eigenvalue weighted by Crippen LogP contribution is -2.44. The molecule has 0 aliphatic heterocycles. The van der Waals surface area contributed by atoms with Gasteiger partial charge in [0.2, 0.25) is 0 Å². The average molecular weight is 571 g/mol. The first-order valence-electron chi connectivity index (χ1n) is 13.1. The number of aliphatic carboxylic acids is 1. The summed E-state index contributed by atoms with van der Waals surface area (Å²) in [4.78, 5) is 11.6. The molecule has 0 heterocycles. The van der Waals surface area contributed by atoms with Crippen molar-refractivity contribution in [3.63, 3.8) is 0 Å². The zero-order valence-corrected chi connectivity index (χ0v) is 23.6. The lowest BCUT2D eigenvalue weighted by Gasteiger charge is -2.20. The first kappa shape index (κ1) is 29.6. The zero-order chi connectivity index (χ0) is 29.4. The number of benzene rings is 4. The molecule has 0 bridgehead atoms. The number of aliphatic hydroxyl groups is 1. The molecule has 4 rings (SSSR count). The van der Waals surface area contributed by atoms with Crippen molar-refractivity contribution in [2.75, 3.05) is 0 Å². The Labute approximate surface area is 244 Å². The van der Waals surface area contributed by atoms with Gasteiger partial charge in [0.25, 0.3) is 0 Å². The fraction of sp³-hybridized carbons (Fsp3) is 0.212. The summed E-state index contributed by atoms with van der Waals surface area (Å²) in [5.74, 6) is -0.329. The van der Waals surface area contributed by atoms with Gasteiger partial charge in [-0.3, -0.25) is 10.1 Å². The molecular formula is C33H31ClN2O5. The van der Waals surface area contributed by atoms with Crippen LogP contribution in [0.5, 0.6) is 11.5 Å².